The van der Waals surface area contributed by atoms with Crippen molar-refractivity contribution < 1.29 is 0 Å². The number of aromatic nitrogens is 1. The molecule has 0 fully saturated rings. The Morgan fingerprint density at radius 2 is 2.00 bits per heavy atom. The quantitative estimate of drug-likeness (QED) is 0.705. The van der Waals surface area contributed by atoms with Gasteiger partial charge in [-0.3, -0.25) is 0 Å². The maximum Gasteiger partial charge on any atom is 0.0931 e. The molecule has 0 aliphatic rings. The Kier molecular flexibility index (Phi) is 2.41. The molecule has 0 aliphatic heterocycles. The van der Waals surface area contributed by atoms with Crippen molar-refractivity contribution in [2.75, 3.05) is 0 Å². The van der Waals surface area contributed by atoms with E-state index >= 15 is 0 Å². The van der Waals surface area contributed by atoms with Gasteiger partial charge >= 0.3 is 0 Å². The van der Waals surface area contributed by atoms with Crippen molar-refractivity contribution in [2.45, 2.75) is 6.42 Å². The van der Waals surface area contributed by atoms with E-state index in [9.17, 15) is 0 Å². The standard InChI is InChI=1S/C11H10NS/c1-2-11-12-8-10(13-11)9-6-4-3-5-7-9/h3-8H,1-2H2. The summed E-state index contributed by atoms with van der Waals surface area (Å²) in [6.45, 7) is 3.81. The molecule has 0 spiro atoms. The summed E-state index contributed by atoms with van der Waals surface area (Å²) in [4.78, 5) is 5.49. The third kappa shape index (κ3) is 1.78. The van der Waals surface area contributed by atoms with E-state index in [0.29, 0.717) is 0 Å². The zero-order valence-electron chi connectivity index (χ0n) is 7.23. The zero-order valence-corrected chi connectivity index (χ0v) is 8.05. The van der Waals surface area contributed by atoms with Crippen molar-refractivity contribution in [2.24, 2.45) is 0 Å². The second-order valence-electron chi connectivity index (χ2n) is 2.73. The lowest BCUT2D eigenvalue weighted by Crippen LogP contribution is -1.71. The van der Waals surface area contributed by atoms with Gasteiger partial charge in [0, 0.05) is 6.20 Å². The summed E-state index contributed by atoms with van der Waals surface area (Å²) in [5.74, 6) is 0. The first-order valence-corrected chi connectivity index (χ1v) is 5.01. The summed E-state index contributed by atoms with van der Waals surface area (Å²) in [5.41, 5.74) is 1.24. The minimum Gasteiger partial charge on any atom is -0.249 e. The lowest BCUT2D eigenvalue weighted by molar-refractivity contribution is 1.19. The molecule has 0 bridgehead atoms. The fraction of sp³-hybridized carbons (Fsp3) is 0.0909. The molecular formula is C11H10NS. The Morgan fingerprint density at radius 1 is 1.23 bits per heavy atom. The highest BCUT2D eigenvalue weighted by Gasteiger charge is 2.01. The van der Waals surface area contributed by atoms with Crippen LogP contribution in [0.5, 0.6) is 0 Å². The predicted molar refractivity (Wildman–Crippen MR) is 56.6 cm³/mol. The van der Waals surface area contributed by atoms with Gasteiger partial charge in [-0.25, -0.2) is 4.98 Å². The van der Waals surface area contributed by atoms with Gasteiger partial charge in [0.2, 0.25) is 0 Å². The van der Waals surface area contributed by atoms with Gasteiger partial charge in [-0.1, -0.05) is 30.3 Å². The highest BCUT2D eigenvalue weighted by atomic mass is 32.1. The minimum absolute atomic E-state index is 0.775. The van der Waals surface area contributed by atoms with E-state index < -0.39 is 0 Å². The average molecular weight is 188 g/mol. The van der Waals surface area contributed by atoms with Crippen LogP contribution in [0.15, 0.2) is 36.5 Å². The average Bonchev–Trinajstić information content (AvgIpc) is 2.67. The summed E-state index contributed by atoms with van der Waals surface area (Å²) < 4.78 is 0. The van der Waals surface area contributed by atoms with Crippen LogP contribution in [0.4, 0.5) is 0 Å². The molecule has 1 nitrogen and oxygen atoms in total. The van der Waals surface area contributed by atoms with E-state index in [4.69, 9.17) is 0 Å². The molecule has 0 saturated carbocycles. The SMILES string of the molecule is [CH2]Cc1ncc(-c2ccccc2)s1. The summed E-state index contributed by atoms with van der Waals surface area (Å²) in [6, 6.07) is 10.3. The van der Waals surface area contributed by atoms with Gasteiger partial charge in [-0.05, 0) is 18.9 Å². The topological polar surface area (TPSA) is 12.9 Å². The second kappa shape index (κ2) is 3.71. The van der Waals surface area contributed by atoms with E-state index in [-0.39, 0.29) is 0 Å². The fourth-order valence-corrected chi connectivity index (χ4v) is 1.98. The highest BCUT2D eigenvalue weighted by Crippen LogP contribution is 2.25. The monoisotopic (exact) mass is 188 g/mol. The largest absolute Gasteiger partial charge is 0.249 e. The number of hydrogen-bond acceptors (Lipinski definition) is 2. The molecular weight excluding hydrogens is 178 g/mol. The molecule has 0 unspecified atom stereocenters. The third-order valence-electron chi connectivity index (χ3n) is 1.83. The Morgan fingerprint density at radius 3 is 2.62 bits per heavy atom. The molecule has 2 heteroatoms. The molecule has 1 aromatic carbocycles. The zero-order chi connectivity index (χ0) is 9.10. The maximum absolute atomic E-state index is 4.27. The smallest absolute Gasteiger partial charge is 0.0931 e. The Hall–Kier alpha value is -1.15. The summed E-state index contributed by atoms with van der Waals surface area (Å²) in [7, 11) is 0. The van der Waals surface area contributed by atoms with Crippen molar-refractivity contribution in [3.63, 3.8) is 0 Å². The van der Waals surface area contributed by atoms with Gasteiger partial charge in [0.25, 0.3) is 0 Å². The van der Waals surface area contributed by atoms with Crippen LogP contribution in [-0.4, -0.2) is 4.98 Å². The van der Waals surface area contributed by atoms with Crippen LogP contribution in [-0.2, 0) is 6.42 Å². The van der Waals surface area contributed by atoms with Crippen molar-refractivity contribution >= 4 is 11.3 Å². The van der Waals surface area contributed by atoms with Crippen LogP contribution in [0.2, 0.25) is 0 Å². The van der Waals surface area contributed by atoms with E-state index in [1.807, 2.05) is 24.4 Å². The molecule has 0 atom stereocenters. The summed E-state index contributed by atoms with van der Waals surface area (Å²) >= 11 is 1.71. The molecule has 13 heavy (non-hydrogen) atoms. The van der Waals surface area contributed by atoms with Crippen molar-refractivity contribution in [1.29, 1.82) is 0 Å². The molecule has 0 aliphatic carbocycles. The Labute approximate surface area is 82.1 Å². The van der Waals surface area contributed by atoms with Crippen LogP contribution < -0.4 is 0 Å². The summed E-state index contributed by atoms with van der Waals surface area (Å²) in [6.07, 6.45) is 2.69. The number of thiazole rings is 1. The molecule has 0 saturated heterocycles. The van der Waals surface area contributed by atoms with Crippen LogP contribution in [0, 0.1) is 6.92 Å². The first-order chi connectivity index (χ1) is 6.40. The lowest BCUT2D eigenvalue weighted by atomic mass is 10.2. The van der Waals surface area contributed by atoms with Gasteiger partial charge in [0.1, 0.15) is 0 Å². The van der Waals surface area contributed by atoms with E-state index in [0.717, 1.165) is 11.4 Å². The van der Waals surface area contributed by atoms with Crippen LogP contribution in [0.3, 0.4) is 0 Å². The molecule has 2 aromatic rings. The van der Waals surface area contributed by atoms with E-state index in [2.05, 4.69) is 24.0 Å². The van der Waals surface area contributed by atoms with E-state index in [1.165, 1.54) is 10.4 Å². The van der Waals surface area contributed by atoms with Gasteiger partial charge in [0.15, 0.2) is 0 Å². The van der Waals surface area contributed by atoms with Crippen molar-refractivity contribution in [1.82, 2.24) is 4.98 Å². The predicted octanol–water partition coefficient (Wildman–Crippen LogP) is 3.19. The van der Waals surface area contributed by atoms with Gasteiger partial charge in [-0.2, -0.15) is 0 Å². The van der Waals surface area contributed by atoms with Crippen molar-refractivity contribution in [3.8, 4) is 10.4 Å². The fourth-order valence-electron chi connectivity index (χ4n) is 1.16. The molecule has 2 rings (SSSR count). The number of hydrogen-bond donors (Lipinski definition) is 0. The molecule has 0 amide bonds. The summed E-state index contributed by atoms with van der Waals surface area (Å²) in [5, 5.41) is 1.10. The van der Waals surface area contributed by atoms with Gasteiger partial charge in [-0.15, -0.1) is 11.3 Å². The Balaban J connectivity index is 2.36. The van der Waals surface area contributed by atoms with Crippen LogP contribution in [0.25, 0.3) is 10.4 Å². The second-order valence-corrected chi connectivity index (χ2v) is 3.85. The number of benzene rings is 1. The van der Waals surface area contributed by atoms with Crippen LogP contribution in [0.1, 0.15) is 5.01 Å². The molecule has 1 heterocycles. The van der Waals surface area contributed by atoms with Crippen LogP contribution >= 0.6 is 11.3 Å². The molecule has 1 aromatic heterocycles. The first kappa shape index (κ1) is 8.45. The minimum atomic E-state index is 0.775. The first-order valence-electron chi connectivity index (χ1n) is 4.19. The highest BCUT2D eigenvalue weighted by molar-refractivity contribution is 7.15. The third-order valence-corrected chi connectivity index (χ3v) is 2.93. The molecule has 1 radical (unpaired) electrons. The normalized spacial score (nSPS) is 10.2. The van der Waals surface area contributed by atoms with E-state index in [1.54, 1.807) is 11.3 Å². The maximum atomic E-state index is 4.27. The number of rotatable bonds is 2. The Bertz CT molecular complexity index is 378. The van der Waals surface area contributed by atoms with Crippen molar-refractivity contribution in [3.05, 3.63) is 48.5 Å². The molecule has 65 valence electrons. The molecule has 0 N–H and O–H groups in total. The lowest BCUT2D eigenvalue weighted by Gasteiger charge is -1.92. The van der Waals surface area contributed by atoms with Gasteiger partial charge in [0.05, 0.1) is 9.88 Å². The van der Waals surface area contributed by atoms with Gasteiger partial charge < -0.3 is 0 Å². The number of nitrogens with zero attached hydrogens (tertiary/aromatic N) is 1.